The third-order valence-corrected chi connectivity index (χ3v) is 2.84. The third kappa shape index (κ3) is 3.23. The second-order valence-electron chi connectivity index (χ2n) is 3.15. The largest absolute Gasteiger partial charge is 0.493 e. The summed E-state index contributed by atoms with van der Waals surface area (Å²) in [6.45, 7) is -0.0888. The maximum atomic E-state index is 12.9. The molecule has 0 saturated heterocycles. The molecule has 0 atom stereocenters. The first kappa shape index (κ1) is 14.5. The standard InChI is InChI=1S/C10H13FO6S/c1-14-6-17-10-8(15-2)4-7(18(11,12)13)5-9(10)16-3/h4-5H,6H2,1-3H3. The van der Waals surface area contributed by atoms with Crippen LogP contribution >= 0.6 is 0 Å². The van der Waals surface area contributed by atoms with Gasteiger partial charge in [-0.25, -0.2) is 0 Å². The third-order valence-electron chi connectivity index (χ3n) is 2.04. The van der Waals surface area contributed by atoms with Crippen LogP contribution < -0.4 is 14.2 Å². The monoisotopic (exact) mass is 280 g/mol. The van der Waals surface area contributed by atoms with Crippen molar-refractivity contribution in [3.63, 3.8) is 0 Å². The molecule has 1 rings (SSSR count). The topological polar surface area (TPSA) is 71.1 Å². The van der Waals surface area contributed by atoms with E-state index in [1.165, 1.54) is 21.3 Å². The SMILES string of the molecule is COCOc1c(OC)cc(S(=O)(=O)F)cc1OC. The number of halogens is 1. The molecule has 0 aromatic heterocycles. The molecular formula is C10H13FO6S. The zero-order valence-corrected chi connectivity index (χ0v) is 10.9. The molecular weight excluding hydrogens is 267 g/mol. The van der Waals surface area contributed by atoms with E-state index < -0.39 is 15.1 Å². The van der Waals surface area contributed by atoms with Gasteiger partial charge in [-0.05, 0) is 0 Å². The van der Waals surface area contributed by atoms with Crippen LogP contribution in [0.5, 0.6) is 17.2 Å². The predicted octanol–water partition coefficient (Wildman–Crippen LogP) is 1.34. The summed E-state index contributed by atoms with van der Waals surface area (Å²) < 4.78 is 54.4. The second kappa shape index (κ2) is 5.87. The molecule has 0 fully saturated rings. The van der Waals surface area contributed by atoms with Crippen molar-refractivity contribution in [3.05, 3.63) is 12.1 Å². The number of methoxy groups -OCH3 is 3. The van der Waals surface area contributed by atoms with Crippen molar-refractivity contribution in [2.24, 2.45) is 0 Å². The van der Waals surface area contributed by atoms with Gasteiger partial charge < -0.3 is 18.9 Å². The van der Waals surface area contributed by atoms with Crippen LogP contribution in [0, 0.1) is 0 Å². The van der Waals surface area contributed by atoms with Crippen LogP contribution in [0.4, 0.5) is 3.89 Å². The van der Waals surface area contributed by atoms with Crippen molar-refractivity contribution < 1.29 is 31.3 Å². The fourth-order valence-corrected chi connectivity index (χ4v) is 1.75. The Kier molecular flexibility index (Phi) is 4.74. The summed E-state index contributed by atoms with van der Waals surface area (Å²) in [7, 11) is -0.847. The van der Waals surface area contributed by atoms with E-state index in [0.717, 1.165) is 12.1 Å². The van der Waals surface area contributed by atoms with Crippen molar-refractivity contribution in [1.82, 2.24) is 0 Å². The van der Waals surface area contributed by atoms with Gasteiger partial charge in [0.25, 0.3) is 0 Å². The van der Waals surface area contributed by atoms with Gasteiger partial charge in [-0.15, -0.1) is 3.89 Å². The number of rotatable bonds is 6. The summed E-state index contributed by atoms with van der Waals surface area (Å²) in [5.41, 5.74) is 0. The molecule has 0 N–H and O–H groups in total. The van der Waals surface area contributed by atoms with Gasteiger partial charge in [-0.2, -0.15) is 8.42 Å². The van der Waals surface area contributed by atoms with E-state index in [9.17, 15) is 12.3 Å². The van der Waals surface area contributed by atoms with Crippen molar-refractivity contribution in [3.8, 4) is 17.2 Å². The zero-order valence-electron chi connectivity index (χ0n) is 10.1. The molecule has 0 aliphatic carbocycles. The first-order valence-corrected chi connectivity index (χ1v) is 6.14. The Morgan fingerprint density at radius 3 is 1.94 bits per heavy atom. The fraction of sp³-hybridized carbons (Fsp3) is 0.400. The van der Waals surface area contributed by atoms with Gasteiger partial charge in [-0.1, -0.05) is 0 Å². The Labute approximate surface area is 104 Å². The molecule has 0 saturated carbocycles. The molecule has 8 heteroatoms. The Balaban J connectivity index is 3.34. The number of hydrogen-bond acceptors (Lipinski definition) is 6. The van der Waals surface area contributed by atoms with Gasteiger partial charge in [0.05, 0.1) is 14.2 Å². The van der Waals surface area contributed by atoms with Gasteiger partial charge in [0.2, 0.25) is 5.75 Å². The van der Waals surface area contributed by atoms with Gasteiger partial charge in [0.1, 0.15) is 4.90 Å². The summed E-state index contributed by atoms with van der Waals surface area (Å²) in [4.78, 5) is -0.569. The Bertz CT molecular complexity index is 488. The second-order valence-corrected chi connectivity index (χ2v) is 4.49. The molecule has 1 aromatic rings. The Hall–Kier alpha value is -1.54. The van der Waals surface area contributed by atoms with Crippen LogP contribution in [0.3, 0.4) is 0 Å². The maximum absolute atomic E-state index is 12.9. The molecule has 0 heterocycles. The van der Waals surface area contributed by atoms with Gasteiger partial charge in [0.15, 0.2) is 18.3 Å². The highest BCUT2D eigenvalue weighted by atomic mass is 32.3. The van der Waals surface area contributed by atoms with E-state index in [2.05, 4.69) is 0 Å². The highest BCUT2D eigenvalue weighted by Gasteiger charge is 2.21. The lowest BCUT2D eigenvalue weighted by atomic mass is 10.3. The average Bonchev–Trinajstić information content (AvgIpc) is 2.33. The molecule has 0 radical (unpaired) electrons. The highest BCUT2D eigenvalue weighted by molar-refractivity contribution is 7.86. The van der Waals surface area contributed by atoms with Crippen molar-refractivity contribution >= 4 is 10.2 Å². The molecule has 0 amide bonds. The minimum atomic E-state index is -4.85. The first-order valence-electron chi connectivity index (χ1n) is 4.76. The van der Waals surface area contributed by atoms with E-state index in [-0.39, 0.29) is 24.0 Å². The first-order chi connectivity index (χ1) is 8.43. The predicted molar refractivity (Wildman–Crippen MR) is 60.3 cm³/mol. The Morgan fingerprint density at radius 1 is 1.11 bits per heavy atom. The van der Waals surface area contributed by atoms with Crippen LogP contribution in [-0.4, -0.2) is 36.5 Å². The van der Waals surface area contributed by atoms with E-state index in [1.54, 1.807) is 0 Å². The van der Waals surface area contributed by atoms with Crippen LogP contribution in [0.25, 0.3) is 0 Å². The number of ether oxygens (including phenoxy) is 4. The molecule has 0 unspecified atom stereocenters. The number of benzene rings is 1. The minimum absolute atomic E-state index is 0.0302. The number of hydrogen-bond donors (Lipinski definition) is 0. The summed E-state index contributed by atoms with van der Waals surface area (Å²) in [6.07, 6.45) is 0. The molecule has 18 heavy (non-hydrogen) atoms. The summed E-state index contributed by atoms with van der Waals surface area (Å²) in [5.74, 6) is 0.194. The van der Waals surface area contributed by atoms with E-state index in [1.807, 2.05) is 0 Å². The zero-order chi connectivity index (χ0) is 13.8. The summed E-state index contributed by atoms with van der Waals surface area (Å²) >= 11 is 0. The lowest BCUT2D eigenvalue weighted by molar-refractivity contribution is 0.0470. The lowest BCUT2D eigenvalue weighted by Gasteiger charge is -2.14. The van der Waals surface area contributed by atoms with Crippen molar-refractivity contribution in [2.75, 3.05) is 28.1 Å². The highest BCUT2D eigenvalue weighted by Crippen LogP contribution is 2.40. The van der Waals surface area contributed by atoms with E-state index in [4.69, 9.17) is 18.9 Å². The van der Waals surface area contributed by atoms with Crippen LogP contribution in [-0.2, 0) is 15.0 Å². The van der Waals surface area contributed by atoms with E-state index >= 15 is 0 Å². The smallest absolute Gasteiger partial charge is 0.332 e. The molecule has 0 aliphatic heterocycles. The summed E-state index contributed by atoms with van der Waals surface area (Å²) in [6, 6.07) is 2.01. The molecule has 6 nitrogen and oxygen atoms in total. The Morgan fingerprint density at radius 2 is 1.61 bits per heavy atom. The molecule has 0 bridgehead atoms. The van der Waals surface area contributed by atoms with Gasteiger partial charge in [-0.3, -0.25) is 0 Å². The normalized spacial score (nSPS) is 11.1. The minimum Gasteiger partial charge on any atom is -0.493 e. The quantitative estimate of drug-likeness (QED) is 0.578. The van der Waals surface area contributed by atoms with Crippen LogP contribution in [0.15, 0.2) is 17.0 Å². The van der Waals surface area contributed by atoms with Gasteiger partial charge >= 0.3 is 10.2 Å². The maximum Gasteiger partial charge on any atom is 0.332 e. The van der Waals surface area contributed by atoms with E-state index in [0.29, 0.717) is 0 Å². The average molecular weight is 280 g/mol. The van der Waals surface area contributed by atoms with Crippen LogP contribution in [0.2, 0.25) is 0 Å². The van der Waals surface area contributed by atoms with Crippen molar-refractivity contribution in [2.45, 2.75) is 4.90 Å². The van der Waals surface area contributed by atoms with Crippen molar-refractivity contribution in [1.29, 1.82) is 0 Å². The summed E-state index contributed by atoms with van der Waals surface area (Å²) in [5, 5.41) is 0. The fourth-order valence-electron chi connectivity index (χ4n) is 1.26. The van der Waals surface area contributed by atoms with Gasteiger partial charge in [0, 0.05) is 19.2 Å². The van der Waals surface area contributed by atoms with Crippen LogP contribution in [0.1, 0.15) is 0 Å². The molecule has 0 spiro atoms. The molecule has 102 valence electrons. The molecule has 1 aromatic carbocycles. The lowest BCUT2D eigenvalue weighted by Crippen LogP contribution is -2.04. The molecule has 0 aliphatic rings.